The van der Waals surface area contributed by atoms with Crippen molar-refractivity contribution in [1.29, 1.82) is 0 Å². The van der Waals surface area contributed by atoms with Crippen LogP contribution in [-0.2, 0) is 16.6 Å². The topological polar surface area (TPSA) is 40.5 Å². The molecule has 0 spiro atoms. The maximum atomic E-state index is 13.5. The third-order valence-electron chi connectivity index (χ3n) is 10.6. The van der Waals surface area contributed by atoms with E-state index in [2.05, 4.69) is 115 Å². The minimum Gasteiger partial charge on any atom is -0.376 e. The Morgan fingerprint density at radius 2 is 0.935 bits per heavy atom. The van der Waals surface area contributed by atoms with Crippen LogP contribution in [0.3, 0.4) is 0 Å². The van der Waals surface area contributed by atoms with E-state index >= 15 is 0 Å². The smallest absolute Gasteiger partial charge is 0.141 e. The van der Waals surface area contributed by atoms with Gasteiger partial charge in [-0.3, -0.25) is 0 Å². The first-order chi connectivity index (χ1) is 22.2. The largest absolute Gasteiger partial charge is 0.376 e. The molecule has 0 bridgehead atoms. The zero-order chi connectivity index (χ0) is 31.4. The highest BCUT2D eigenvalue weighted by Gasteiger charge is 2.53. The SMILES string of the molecule is CC1(C)c2ccccc2-c2cc3c(cc21)C(O)(c1ccc2ccccc2c1)c1cc(Br)ccc1C3(O)c1ccc2ccccc2c1. The van der Waals surface area contributed by atoms with Crippen molar-refractivity contribution in [1.82, 2.24) is 0 Å². The maximum Gasteiger partial charge on any atom is 0.141 e. The highest BCUT2D eigenvalue weighted by molar-refractivity contribution is 9.10. The van der Waals surface area contributed by atoms with Crippen molar-refractivity contribution in [3.8, 4) is 11.1 Å². The summed E-state index contributed by atoms with van der Waals surface area (Å²) in [5, 5.41) is 31.2. The number of aliphatic hydroxyl groups is 2. The number of hydrogen-bond donors (Lipinski definition) is 2. The lowest BCUT2D eigenvalue weighted by Crippen LogP contribution is -2.44. The van der Waals surface area contributed by atoms with Gasteiger partial charge in [-0.05, 0) is 96.4 Å². The number of rotatable bonds is 2. The van der Waals surface area contributed by atoms with Crippen LogP contribution in [0.25, 0.3) is 32.7 Å². The second kappa shape index (κ2) is 9.49. The zero-order valence-corrected chi connectivity index (χ0v) is 27.1. The Morgan fingerprint density at radius 3 is 1.59 bits per heavy atom. The fourth-order valence-corrected chi connectivity index (χ4v) is 8.58. The van der Waals surface area contributed by atoms with Crippen molar-refractivity contribution in [2.24, 2.45) is 0 Å². The zero-order valence-electron chi connectivity index (χ0n) is 25.6. The molecule has 0 saturated heterocycles. The van der Waals surface area contributed by atoms with Crippen LogP contribution in [-0.4, -0.2) is 10.2 Å². The van der Waals surface area contributed by atoms with Gasteiger partial charge in [-0.1, -0.05) is 139 Å². The van der Waals surface area contributed by atoms with Gasteiger partial charge in [-0.25, -0.2) is 0 Å². The van der Waals surface area contributed by atoms with Gasteiger partial charge in [-0.15, -0.1) is 0 Å². The Labute approximate surface area is 276 Å². The molecular formula is C43H31BrO2. The summed E-state index contributed by atoms with van der Waals surface area (Å²) in [6, 6.07) is 47.7. The van der Waals surface area contributed by atoms with Gasteiger partial charge in [0.15, 0.2) is 0 Å². The molecule has 222 valence electrons. The second-order valence-corrected chi connectivity index (χ2v) is 14.3. The van der Waals surface area contributed by atoms with E-state index in [9.17, 15) is 10.2 Å². The summed E-state index contributed by atoms with van der Waals surface area (Å²) in [6.07, 6.45) is 0. The Bertz CT molecular complexity index is 2410. The van der Waals surface area contributed by atoms with Crippen LogP contribution < -0.4 is 0 Å². The van der Waals surface area contributed by atoms with E-state index in [1.165, 1.54) is 11.1 Å². The lowest BCUT2D eigenvalue weighted by Gasteiger charge is -2.46. The molecule has 0 amide bonds. The molecule has 46 heavy (non-hydrogen) atoms. The first-order valence-electron chi connectivity index (χ1n) is 15.7. The monoisotopic (exact) mass is 658 g/mol. The Hall–Kier alpha value is -4.54. The van der Waals surface area contributed by atoms with Crippen molar-refractivity contribution >= 4 is 37.5 Å². The molecule has 2 atom stereocenters. The van der Waals surface area contributed by atoms with Crippen molar-refractivity contribution in [2.45, 2.75) is 30.5 Å². The summed E-state index contributed by atoms with van der Waals surface area (Å²) in [4.78, 5) is 0. The van der Waals surface area contributed by atoms with Crippen molar-refractivity contribution in [2.75, 3.05) is 0 Å². The van der Waals surface area contributed by atoms with E-state index in [1.54, 1.807) is 0 Å². The molecule has 9 rings (SSSR count). The molecule has 0 aliphatic heterocycles. The molecule has 2 N–H and O–H groups in total. The van der Waals surface area contributed by atoms with Crippen LogP contribution in [0.5, 0.6) is 0 Å². The van der Waals surface area contributed by atoms with Crippen LogP contribution in [0, 0.1) is 0 Å². The van der Waals surface area contributed by atoms with Gasteiger partial charge < -0.3 is 10.2 Å². The summed E-state index contributed by atoms with van der Waals surface area (Å²) in [6.45, 7) is 4.50. The molecule has 7 aromatic rings. The molecular weight excluding hydrogens is 628 g/mol. The number of halogens is 1. The van der Waals surface area contributed by atoms with Crippen LogP contribution in [0.15, 0.2) is 144 Å². The normalized spacial score (nSPS) is 20.6. The standard InChI is InChI=1S/C43H31BrO2/c1-41(2)35-14-8-7-13-33(35)34-24-39-40(25-37(34)41)43(46,31-18-16-27-10-4-6-12-29(27)22-31)38-23-32(44)19-20-36(38)42(39,45)30-17-15-26-9-3-5-11-28(26)21-30/h3-25,45-46H,1-2H3. The molecule has 0 fully saturated rings. The van der Waals surface area contributed by atoms with Crippen molar-refractivity contribution in [3.05, 3.63) is 189 Å². The summed E-state index contributed by atoms with van der Waals surface area (Å²) < 4.78 is 0.837. The first-order valence-corrected chi connectivity index (χ1v) is 16.5. The maximum absolute atomic E-state index is 13.5. The molecule has 7 aromatic carbocycles. The third-order valence-corrected chi connectivity index (χ3v) is 11.1. The fraction of sp³-hybridized carbons (Fsp3) is 0.116. The Balaban J connectivity index is 1.43. The number of benzene rings is 7. The summed E-state index contributed by atoms with van der Waals surface area (Å²) in [7, 11) is 0. The van der Waals surface area contributed by atoms with Gasteiger partial charge in [0.25, 0.3) is 0 Å². The van der Waals surface area contributed by atoms with Gasteiger partial charge in [0, 0.05) is 21.0 Å². The van der Waals surface area contributed by atoms with Gasteiger partial charge >= 0.3 is 0 Å². The van der Waals surface area contributed by atoms with Gasteiger partial charge in [0.1, 0.15) is 11.2 Å². The van der Waals surface area contributed by atoms with Crippen LogP contribution in [0.4, 0.5) is 0 Å². The van der Waals surface area contributed by atoms with E-state index < -0.39 is 11.2 Å². The first kappa shape index (κ1) is 27.7. The van der Waals surface area contributed by atoms with Crippen LogP contribution in [0.2, 0.25) is 0 Å². The van der Waals surface area contributed by atoms with E-state index in [0.717, 1.165) is 48.3 Å². The molecule has 0 heterocycles. The number of fused-ring (bicyclic) bond motifs is 7. The minimum absolute atomic E-state index is 0.288. The molecule has 2 unspecified atom stereocenters. The Kier molecular flexibility index (Phi) is 5.73. The molecule has 0 radical (unpaired) electrons. The van der Waals surface area contributed by atoms with Gasteiger partial charge in [-0.2, -0.15) is 0 Å². The lowest BCUT2D eigenvalue weighted by atomic mass is 9.62. The van der Waals surface area contributed by atoms with Gasteiger partial charge in [0.05, 0.1) is 0 Å². The highest BCUT2D eigenvalue weighted by Crippen LogP contribution is 2.58. The van der Waals surface area contributed by atoms with Crippen LogP contribution in [0.1, 0.15) is 58.4 Å². The number of hydrogen-bond acceptors (Lipinski definition) is 2. The summed E-state index contributed by atoms with van der Waals surface area (Å²) in [5.74, 6) is 0. The molecule has 0 aromatic heterocycles. The molecule has 2 nitrogen and oxygen atoms in total. The highest BCUT2D eigenvalue weighted by atomic mass is 79.9. The lowest BCUT2D eigenvalue weighted by molar-refractivity contribution is 0.0748. The van der Waals surface area contributed by atoms with Crippen molar-refractivity contribution in [3.63, 3.8) is 0 Å². The molecule has 2 aliphatic carbocycles. The molecule has 0 saturated carbocycles. The summed E-state index contributed by atoms with van der Waals surface area (Å²) in [5.41, 5.74) is 5.55. The Morgan fingerprint density at radius 1 is 0.413 bits per heavy atom. The van der Waals surface area contributed by atoms with E-state index in [0.29, 0.717) is 22.3 Å². The molecule has 2 aliphatic rings. The van der Waals surface area contributed by atoms with E-state index in [4.69, 9.17) is 0 Å². The predicted molar refractivity (Wildman–Crippen MR) is 190 cm³/mol. The third kappa shape index (κ3) is 3.59. The second-order valence-electron chi connectivity index (χ2n) is 13.3. The fourth-order valence-electron chi connectivity index (χ4n) is 8.22. The van der Waals surface area contributed by atoms with Crippen LogP contribution >= 0.6 is 15.9 Å². The predicted octanol–water partition coefficient (Wildman–Crippen LogP) is 9.94. The van der Waals surface area contributed by atoms with E-state index in [-0.39, 0.29) is 5.41 Å². The average Bonchev–Trinajstić information content (AvgIpc) is 3.31. The minimum atomic E-state index is -1.54. The molecule has 3 heteroatoms. The average molecular weight is 660 g/mol. The quantitative estimate of drug-likeness (QED) is 0.194. The van der Waals surface area contributed by atoms with E-state index in [1.807, 2.05) is 54.6 Å². The summed E-state index contributed by atoms with van der Waals surface area (Å²) >= 11 is 3.72. The van der Waals surface area contributed by atoms with Crippen molar-refractivity contribution < 1.29 is 10.2 Å². The van der Waals surface area contributed by atoms with Gasteiger partial charge in [0.2, 0.25) is 0 Å².